The lowest BCUT2D eigenvalue weighted by molar-refractivity contribution is 0.340. The second-order valence-electron chi connectivity index (χ2n) is 6.10. The van der Waals surface area contributed by atoms with Crippen molar-refractivity contribution in [1.82, 2.24) is 25.1 Å². The maximum Gasteiger partial charge on any atom is 0.282 e. The molecule has 0 atom stereocenters. The number of rotatable bonds is 6. The molecule has 0 aliphatic carbocycles. The molecule has 0 unspecified atom stereocenters. The van der Waals surface area contributed by atoms with Crippen LogP contribution in [0.4, 0.5) is 5.82 Å². The molecule has 2 aromatic carbocycles. The number of nitrogens with two attached hydrogens (primary N) is 1. The third-order valence-electron chi connectivity index (χ3n) is 4.36. The standard InChI is InChI=1S/C20H20N6O2/c1-3-13-7-5-6-8-16(13)26-18(21)17(23-25-26)20-22-19(24-28-20)14-9-11-15(12-10-14)27-4-2/h5-12H,3-4,21H2,1-2H3. The van der Waals surface area contributed by atoms with E-state index in [4.69, 9.17) is 15.0 Å². The molecule has 2 heterocycles. The van der Waals surface area contributed by atoms with Crippen molar-refractivity contribution in [2.75, 3.05) is 12.3 Å². The molecular weight excluding hydrogens is 356 g/mol. The Morgan fingerprint density at radius 3 is 2.61 bits per heavy atom. The highest BCUT2D eigenvalue weighted by Gasteiger charge is 2.20. The fourth-order valence-corrected chi connectivity index (χ4v) is 2.94. The van der Waals surface area contributed by atoms with Crippen LogP contribution in [-0.4, -0.2) is 31.7 Å². The van der Waals surface area contributed by atoms with Gasteiger partial charge in [0.1, 0.15) is 5.75 Å². The van der Waals surface area contributed by atoms with Gasteiger partial charge < -0.3 is 15.0 Å². The van der Waals surface area contributed by atoms with Crippen LogP contribution >= 0.6 is 0 Å². The Bertz CT molecular complexity index is 1080. The maximum atomic E-state index is 6.29. The van der Waals surface area contributed by atoms with Gasteiger partial charge >= 0.3 is 0 Å². The Balaban J connectivity index is 1.65. The SMILES string of the molecule is CCOc1ccc(-c2noc(-c3nnn(-c4ccccc4CC)c3N)n2)cc1. The summed E-state index contributed by atoms with van der Waals surface area (Å²) in [6.07, 6.45) is 0.854. The summed E-state index contributed by atoms with van der Waals surface area (Å²) in [5.41, 5.74) is 9.45. The van der Waals surface area contributed by atoms with Crippen molar-refractivity contribution in [2.45, 2.75) is 20.3 Å². The third kappa shape index (κ3) is 3.20. The number of hydrogen-bond donors (Lipinski definition) is 1. The molecule has 142 valence electrons. The molecule has 4 rings (SSSR count). The lowest BCUT2D eigenvalue weighted by Crippen LogP contribution is -2.05. The molecule has 0 aliphatic heterocycles. The van der Waals surface area contributed by atoms with E-state index in [1.807, 2.05) is 55.5 Å². The minimum Gasteiger partial charge on any atom is -0.494 e. The van der Waals surface area contributed by atoms with E-state index in [-0.39, 0.29) is 5.89 Å². The van der Waals surface area contributed by atoms with E-state index in [2.05, 4.69) is 27.4 Å². The fraction of sp³-hybridized carbons (Fsp3) is 0.200. The first kappa shape index (κ1) is 17.7. The summed E-state index contributed by atoms with van der Waals surface area (Å²) in [6.45, 7) is 4.63. The average Bonchev–Trinajstić information content (AvgIpc) is 3.35. The van der Waals surface area contributed by atoms with E-state index >= 15 is 0 Å². The van der Waals surface area contributed by atoms with Gasteiger partial charge in [-0.05, 0) is 49.2 Å². The van der Waals surface area contributed by atoms with Gasteiger partial charge in [0.15, 0.2) is 11.5 Å². The maximum absolute atomic E-state index is 6.29. The minimum atomic E-state index is 0.224. The van der Waals surface area contributed by atoms with Crippen LogP contribution in [-0.2, 0) is 6.42 Å². The Kier molecular flexibility index (Phi) is 4.76. The predicted octanol–water partition coefficient (Wildman–Crippen LogP) is 3.53. The van der Waals surface area contributed by atoms with Crippen LogP contribution in [0.25, 0.3) is 28.7 Å². The summed E-state index contributed by atoms with van der Waals surface area (Å²) in [5.74, 6) is 1.81. The molecule has 2 aromatic heterocycles. The van der Waals surface area contributed by atoms with Crippen molar-refractivity contribution in [3.05, 3.63) is 54.1 Å². The second-order valence-corrected chi connectivity index (χ2v) is 6.10. The third-order valence-corrected chi connectivity index (χ3v) is 4.36. The van der Waals surface area contributed by atoms with Gasteiger partial charge in [-0.2, -0.15) is 9.67 Å². The fourth-order valence-electron chi connectivity index (χ4n) is 2.94. The van der Waals surface area contributed by atoms with Gasteiger partial charge in [-0.25, -0.2) is 0 Å². The quantitative estimate of drug-likeness (QED) is 0.549. The second kappa shape index (κ2) is 7.51. The van der Waals surface area contributed by atoms with Crippen LogP contribution in [0.2, 0.25) is 0 Å². The number of benzene rings is 2. The molecule has 8 heteroatoms. The zero-order valence-electron chi connectivity index (χ0n) is 15.7. The largest absolute Gasteiger partial charge is 0.494 e. The van der Waals surface area contributed by atoms with E-state index in [0.717, 1.165) is 29.0 Å². The number of aromatic nitrogens is 5. The molecule has 28 heavy (non-hydrogen) atoms. The van der Waals surface area contributed by atoms with E-state index in [1.54, 1.807) is 4.68 Å². The van der Waals surface area contributed by atoms with Crippen molar-refractivity contribution >= 4 is 5.82 Å². The van der Waals surface area contributed by atoms with Gasteiger partial charge in [0.2, 0.25) is 5.82 Å². The molecule has 0 amide bonds. The first-order valence-corrected chi connectivity index (χ1v) is 9.08. The molecule has 0 radical (unpaired) electrons. The molecule has 0 saturated carbocycles. The Hall–Kier alpha value is -3.68. The topological polar surface area (TPSA) is 105 Å². The summed E-state index contributed by atoms with van der Waals surface area (Å²) in [4.78, 5) is 4.42. The predicted molar refractivity (Wildman–Crippen MR) is 105 cm³/mol. The summed E-state index contributed by atoms with van der Waals surface area (Å²) in [5, 5.41) is 12.4. The molecule has 0 fully saturated rings. The molecule has 4 aromatic rings. The number of ether oxygens (including phenoxy) is 1. The van der Waals surface area contributed by atoms with E-state index in [9.17, 15) is 0 Å². The summed E-state index contributed by atoms with van der Waals surface area (Å²) in [7, 11) is 0. The smallest absolute Gasteiger partial charge is 0.282 e. The van der Waals surface area contributed by atoms with Crippen LogP contribution in [0, 0.1) is 0 Å². The highest BCUT2D eigenvalue weighted by atomic mass is 16.5. The van der Waals surface area contributed by atoms with E-state index < -0.39 is 0 Å². The Labute approximate surface area is 161 Å². The highest BCUT2D eigenvalue weighted by molar-refractivity contribution is 5.66. The number of anilines is 1. The van der Waals surface area contributed by atoms with Gasteiger partial charge in [0, 0.05) is 5.56 Å². The minimum absolute atomic E-state index is 0.224. The van der Waals surface area contributed by atoms with E-state index in [1.165, 1.54) is 0 Å². The number of para-hydroxylation sites is 1. The van der Waals surface area contributed by atoms with Crippen molar-refractivity contribution in [2.24, 2.45) is 0 Å². The lowest BCUT2D eigenvalue weighted by Gasteiger charge is -2.07. The Morgan fingerprint density at radius 2 is 1.86 bits per heavy atom. The van der Waals surface area contributed by atoms with Gasteiger partial charge in [0.25, 0.3) is 5.89 Å². The number of nitrogen functional groups attached to an aromatic ring is 1. The summed E-state index contributed by atoms with van der Waals surface area (Å²) < 4.78 is 12.4. The molecule has 0 aliphatic rings. The first-order valence-electron chi connectivity index (χ1n) is 9.08. The van der Waals surface area contributed by atoms with Gasteiger partial charge in [-0.15, -0.1) is 5.10 Å². The van der Waals surface area contributed by atoms with Crippen molar-refractivity contribution in [3.63, 3.8) is 0 Å². The number of nitrogens with zero attached hydrogens (tertiary/aromatic N) is 5. The molecule has 0 saturated heterocycles. The molecule has 0 spiro atoms. The lowest BCUT2D eigenvalue weighted by atomic mass is 10.1. The molecule has 0 bridgehead atoms. The van der Waals surface area contributed by atoms with Crippen molar-refractivity contribution < 1.29 is 9.26 Å². The van der Waals surface area contributed by atoms with E-state index in [0.29, 0.717) is 23.9 Å². The number of aryl methyl sites for hydroxylation is 1. The molecule has 2 N–H and O–H groups in total. The first-order chi connectivity index (χ1) is 13.7. The average molecular weight is 376 g/mol. The molecule has 8 nitrogen and oxygen atoms in total. The van der Waals surface area contributed by atoms with Crippen molar-refractivity contribution in [3.8, 4) is 34.4 Å². The van der Waals surface area contributed by atoms with Gasteiger partial charge in [-0.1, -0.05) is 35.5 Å². The molecular formula is C20H20N6O2. The van der Waals surface area contributed by atoms with Gasteiger partial charge in [0.05, 0.1) is 12.3 Å². The zero-order valence-corrected chi connectivity index (χ0v) is 15.7. The zero-order chi connectivity index (χ0) is 19.5. The Morgan fingerprint density at radius 1 is 1.07 bits per heavy atom. The highest BCUT2D eigenvalue weighted by Crippen LogP contribution is 2.28. The van der Waals surface area contributed by atoms with Gasteiger partial charge in [-0.3, -0.25) is 0 Å². The normalized spacial score (nSPS) is 10.9. The monoisotopic (exact) mass is 376 g/mol. The van der Waals surface area contributed by atoms with Crippen LogP contribution in [0.15, 0.2) is 53.1 Å². The van der Waals surface area contributed by atoms with Crippen LogP contribution in [0.3, 0.4) is 0 Å². The van der Waals surface area contributed by atoms with Crippen LogP contribution in [0.5, 0.6) is 5.75 Å². The van der Waals surface area contributed by atoms with Crippen LogP contribution in [0.1, 0.15) is 19.4 Å². The number of hydrogen-bond acceptors (Lipinski definition) is 7. The van der Waals surface area contributed by atoms with Crippen molar-refractivity contribution in [1.29, 1.82) is 0 Å². The summed E-state index contributed by atoms with van der Waals surface area (Å²) >= 11 is 0. The van der Waals surface area contributed by atoms with Crippen LogP contribution < -0.4 is 10.5 Å². The summed E-state index contributed by atoms with van der Waals surface area (Å²) in [6, 6.07) is 15.4.